The summed E-state index contributed by atoms with van der Waals surface area (Å²) in [6.07, 6.45) is 8.06. The van der Waals surface area contributed by atoms with E-state index in [0.29, 0.717) is 10.2 Å². The molecule has 1 atom stereocenters. The van der Waals surface area contributed by atoms with Crippen LogP contribution in [-0.4, -0.2) is 0 Å². The monoisotopic (exact) mass is 294 g/mol. The Labute approximate surface area is 114 Å². The quantitative estimate of drug-likeness (QED) is 0.632. The van der Waals surface area contributed by atoms with Crippen molar-refractivity contribution in [3.63, 3.8) is 0 Å². The summed E-state index contributed by atoms with van der Waals surface area (Å²) >= 11 is 3.95. The van der Waals surface area contributed by atoms with Crippen LogP contribution in [0.3, 0.4) is 0 Å². The molecule has 94 valence electrons. The molecule has 0 saturated heterocycles. The number of hydrogen-bond acceptors (Lipinski definition) is 0. The van der Waals surface area contributed by atoms with Crippen molar-refractivity contribution in [3.05, 3.63) is 35.4 Å². The van der Waals surface area contributed by atoms with E-state index in [4.69, 9.17) is 0 Å². The molecule has 0 aromatic heterocycles. The van der Waals surface area contributed by atoms with Gasteiger partial charge < -0.3 is 0 Å². The van der Waals surface area contributed by atoms with Crippen LogP contribution in [0.25, 0.3) is 0 Å². The van der Waals surface area contributed by atoms with Crippen LogP contribution in [0.15, 0.2) is 24.3 Å². The van der Waals surface area contributed by atoms with Crippen molar-refractivity contribution in [1.29, 1.82) is 0 Å². The molecule has 1 aromatic rings. The molecule has 1 aromatic carbocycles. The first-order valence-corrected chi connectivity index (χ1v) is 7.80. The molecule has 2 rings (SSSR count). The van der Waals surface area contributed by atoms with Crippen molar-refractivity contribution in [2.45, 2.75) is 57.2 Å². The third-order valence-electron chi connectivity index (χ3n) is 4.29. The third-order valence-corrected chi connectivity index (χ3v) is 5.92. The van der Waals surface area contributed by atoms with Crippen molar-refractivity contribution in [2.75, 3.05) is 0 Å². The van der Waals surface area contributed by atoms with Gasteiger partial charge in [-0.2, -0.15) is 0 Å². The molecule has 1 heteroatoms. The van der Waals surface area contributed by atoms with E-state index in [0.717, 1.165) is 6.42 Å². The Kier molecular flexibility index (Phi) is 4.30. The van der Waals surface area contributed by atoms with Gasteiger partial charge in [0.15, 0.2) is 0 Å². The van der Waals surface area contributed by atoms with Crippen molar-refractivity contribution < 1.29 is 0 Å². The average molecular weight is 295 g/mol. The summed E-state index contributed by atoms with van der Waals surface area (Å²) in [5.74, 6) is 0. The fourth-order valence-corrected chi connectivity index (χ4v) is 3.70. The van der Waals surface area contributed by atoms with E-state index < -0.39 is 0 Å². The lowest BCUT2D eigenvalue weighted by Crippen LogP contribution is -2.25. The maximum absolute atomic E-state index is 3.95. The van der Waals surface area contributed by atoms with Gasteiger partial charge in [0, 0.05) is 4.83 Å². The van der Waals surface area contributed by atoms with Gasteiger partial charge in [0.05, 0.1) is 0 Å². The van der Waals surface area contributed by atoms with Crippen LogP contribution in [0.2, 0.25) is 0 Å². The summed E-state index contributed by atoms with van der Waals surface area (Å²) in [7, 11) is 0. The minimum absolute atomic E-state index is 0.450. The van der Waals surface area contributed by atoms with Crippen molar-refractivity contribution in [1.82, 2.24) is 0 Å². The first-order valence-electron chi connectivity index (χ1n) is 6.88. The summed E-state index contributed by atoms with van der Waals surface area (Å²) in [6, 6.07) is 9.15. The van der Waals surface area contributed by atoms with Gasteiger partial charge in [-0.15, -0.1) is 0 Å². The van der Waals surface area contributed by atoms with Gasteiger partial charge in [0.1, 0.15) is 0 Å². The van der Waals surface area contributed by atoms with Crippen LogP contribution in [0.1, 0.15) is 61.9 Å². The van der Waals surface area contributed by atoms with Crippen LogP contribution in [-0.2, 0) is 6.42 Å². The van der Waals surface area contributed by atoms with Gasteiger partial charge in [0.25, 0.3) is 0 Å². The van der Waals surface area contributed by atoms with Gasteiger partial charge in [-0.05, 0) is 35.8 Å². The third kappa shape index (κ3) is 2.93. The Hall–Kier alpha value is -0.300. The zero-order valence-electron chi connectivity index (χ0n) is 11.0. The predicted molar refractivity (Wildman–Crippen MR) is 78.7 cm³/mol. The molecule has 0 amide bonds. The molecule has 1 fully saturated rings. The van der Waals surface area contributed by atoms with Crippen LogP contribution < -0.4 is 0 Å². The second-order valence-corrected chi connectivity index (χ2v) is 6.59. The SMILES string of the molecule is CCc1ccc(C(Br)C2(C)CCCCC2)cc1. The molecule has 0 heterocycles. The maximum atomic E-state index is 3.95. The molecule has 1 saturated carbocycles. The van der Waals surface area contributed by atoms with E-state index >= 15 is 0 Å². The Morgan fingerprint density at radius 1 is 1.12 bits per heavy atom. The summed E-state index contributed by atoms with van der Waals surface area (Å²) < 4.78 is 0. The number of hydrogen-bond donors (Lipinski definition) is 0. The maximum Gasteiger partial charge on any atom is 0.0448 e. The highest BCUT2D eigenvalue weighted by Crippen LogP contribution is 2.50. The van der Waals surface area contributed by atoms with E-state index in [2.05, 4.69) is 54.0 Å². The minimum atomic E-state index is 0.450. The van der Waals surface area contributed by atoms with E-state index in [1.54, 1.807) is 0 Å². The molecular formula is C16H23Br. The van der Waals surface area contributed by atoms with Crippen LogP contribution in [0, 0.1) is 5.41 Å². The fraction of sp³-hybridized carbons (Fsp3) is 0.625. The summed E-state index contributed by atoms with van der Waals surface area (Å²) in [6.45, 7) is 4.66. The highest BCUT2D eigenvalue weighted by Gasteiger charge is 2.34. The summed E-state index contributed by atoms with van der Waals surface area (Å²) in [4.78, 5) is 0.515. The van der Waals surface area contributed by atoms with Crippen molar-refractivity contribution >= 4 is 15.9 Å². The van der Waals surface area contributed by atoms with Gasteiger partial charge in [-0.3, -0.25) is 0 Å². The first-order chi connectivity index (χ1) is 8.15. The van der Waals surface area contributed by atoms with Gasteiger partial charge >= 0.3 is 0 Å². The van der Waals surface area contributed by atoms with Crippen molar-refractivity contribution in [2.24, 2.45) is 5.41 Å². The largest absolute Gasteiger partial charge is 0.0833 e. The fourth-order valence-electron chi connectivity index (χ4n) is 2.94. The average Bonchev–Trinajstić information content (AvgIpc) is 2.39. The zero-order valence-corrected chi connectivity index (χ0v) is 12.6. The Morgan fingerprint density at radius 3 is 2.24 bits per heavy atom. The summed E-state index contributed by atoms with van der Waals surface area (Å²) in [5.41, 5.74) is 3.33. The lowest BCUT2D eigenvalue weighted by molar-refractivity contribution is 0.213. The Morgan fingerprint density at radius 2 is 1.71 bits per heavy atom. The summed E-state index contributed by atoms with van der Waals surface area (Å²) in [5, 5.41) is 0. The van der Waals surface area contributed by atoms with E-state index in [1.165, 1.54) is 43.2 Å². The van der Waals surface area contributed by atoms with Gasteiger partial charge in [0.2, 0.25) is 0 Å². The number of alkyl halides is 1. The standard InChI is InChI=1S/C16H23Br/c1-3-13-7-9-14(10-8-13)15(17)16(2)11-5-4-6-12-16/h7-10,15H,3-6,11-12H2,1-2H3. The molecule has 0 nitrogen and oxygen atoms in total. The molecule has 1 unspecified atom stereocenters. The Balaban J connectivity index is 2.14. The Bertz CT molecular complexity index is 346. The van der Waals surface area contributed by atoms with E-state index in [9.17, 15) is 0 Å². The van der Waals surface area contributed by atoms with Gasteiger partial charge in [-0.25, -0.2) is 0 Å². The molecule has 0 spiro atoms. The number of halogens is 1. The number of benzene rings is 1. The lowest BCUT2D eigenvalue weighted by atomic mass is 9.72. The second-order valence-electron chi connectivity index (χ2n) is 5.67. The molecule has 0 aliphatic heterocycles. The highest BCUT2D eigenvalue weighted by molar-refractivity contribution is 9.09. The topological polar surface area (TPSA) is 0 Å². The van der Waals surface area contributed by atoms with Crippen LogP contribution >= 0.6 is 15.9 Å². The second kappa shape index (κ2) is 5.56. The zero-order chi connectivity index (χ0) is 12.3. The molecule has 1 aliphatic rings. The van der Waals surface area contributed by atoms with Crippen LogP contribution in [0.5, 0.6) is 0 Å². The first kappa shape index (κ1) is 13.1. The lowest BCUT2D eigenvalue weighted by Gasteiger charge is -2.38. The predicted octanol–water partition coefficient (Wildman–Crippen LogP) is 5.66. The number of rotatable bonds is 3. The normalized spacial score (nSPS) is 21.1. The molecule has 0 N–H and O–H groups in total. The van der Waals surface area contributed by atoms with Gasteiger partial charge in [-0.1, -0.05) is 73.3 Å². The molecule has 0 radical (unpaired) electrons. The molecule has 17 heavy (non-hydrogen) atoms. The molecule has 0 bridgehead atoms. The van der Waals surface area contributed by atoms with Crippen molar-refractivity contribution in [3.8, 4) is 0 Å². The number of aryl methyl sites for hydroxylation is 1. The highest BCUT2D eigenvalue weighted by atomic mass is 79.9. The molecule has 1 aliphatic carbocycles. The van der Waals surface area contributed by atoms with Crippen LogP contribution in [0.4, 0.5) is 0 Å². The van der Waals surface area contributed by atoms with E-state index in [1.807, 2.05) is 0 Å². The molecular weight excluding hydrogens is 272 g/mol. The smallest absolute Gasteiger partial charge is 0.0448 e. The van der Waals surface area contributed by atoms with E-state index in [-0.39, 0.29) is 0 Å². The minimum Gasteiger partial charge on any atom is -0.0833 e.